The van der Waals surface area contributed by atoms with E-state index in [2.05, 4.69) is 27.6 Å². The van der Waals surface area contributed by atoms with Crippen LogP contribution in [0.2, 0.25) is 0 Å². The molecule has 0 aliphatic heterocycles. The Labute approximate surface area is 104 Å². The topological polar surface area (TPSA) is 37.8 Å². The van der Waals surface area contributed by atoms with Crippen LogP contribution < -0.4 is 5.32 Å². The maximum Gasteiger partial charge on any atom is 0.107 e. The second-order valence-electron chi connectivity index (χ2n) is 3.56. The maximum atomic E-state index is 4.40. The fourth-order valence-corrected chi connectivity index (χ4v) is 2.93. The molecule has 0 aliphatic carbocycles. The highest BCUT2D eigenvalue weighted by atomic mass is 32.1. The zero-order chi connectivity index (χ0) is 11.4. The van der Waals surface area contributed by atoms with Crippen molar-refractivity contribution in [1.82, 2.24) is 15.3 Å². The van der Waals surface area contributed by atoms with Crippen molar-refractivity contribution in [2.45, 2.75) is 33.4 Å². The Morgan fingerprint density at radius 1 is 1.31 bits per heavy atom. The maximum absolute atomic E-state index is 4.40. The van der Waals surface area contributed by atoms with Crippen molar-refractivity contribution in [3.63, 3.8) is 0 Å². The zero-order valence-corrected chi connectivity index (χ0v) is 11.1. The molecule has 0 saturated heterocycles. The normalized spacial score (nSPS) is 10.9. The lowest BCUT2D eigenvalue weighted by molar-refractivity contribution is 0.685. The molecule has 0 aliphatic rings. The van der Waals surface area contributed by atoms with Crippen LogP contribution in [0.5, 0.6) is 0 Å². The molecule has 0 aromatic carbocycles. The Morgan fingerprint density at radius 3 is 2.75 bits per heavy atom. The Balaban J connectivity index is 1.79. The van der Waals surface area contributed by atoms with Gasteiger partial charge in [0.05, 0.1) is 0 Å². The van der Waals surface area contributed by atoms with Gasteiger partial charge in [-0.25, -0.2) is 9.97 Å². The minimum atomic E-state index is 0.833. The van der Waals surface area contributed by atoms with Gasteiger partial charge in [-0.05, 0) is 13.3 Å². The van der Waals surface area contributed by atoms with E-state index in [4.69, 9.17) is 0 Å². The first-order valence-corrected chi connectivity index (χ1v) is 7.03. The van der Waals surface area contributed by atoms with Crippen LogP contribution >= 0.6 is 22.7 Å². The molecule has 86 valence electrons. The summed E-state index contributed by atoms with van der Waals surface area (Å²) in [5.74, 6) is 0. The van der Waals surface area contributed by atoms with Crippen LogP contribution in [-0.2, 0) is 19.5 Å². The predicted molar refractivity (Wildman–Crippen MR) is 68.9 cm³/mol. The summed E-state index contributed by atoms with van der Waals surface area (Å²) in [7, 11) is 0. The molecule has 0 radical (unpaired) electrons. The number of rotatable bonds is 5. The molecular weight excluding hydrogens is 238 g/mol. The van der Waals surface area contributed by atoms with Crippen LogP contribution in [0.25, 0.3) is 0 Å². The SMILES string of the molecule is CCc1cnc(CNCc2nc(C)cs2)s1. The van der Waals surface area contributed by atoms with E-state index in [0.29, 0.717) is 0 Å². The third-order valence-electron chi connectivity index (χ3n) is 2.17. The standard InChI is InChI=1S/C11H15N3S2/c1-3-9-4-13-10(16-9)5-12-6-11-14-8(2)7-15-11/h4,7,12H,3,5-6H2,1-2H3. The Morgan fingerprint density at radius 2 is 2.12 bits per heavy atom. The van der Waals surface area contributed by atoms with E-state index in [-0.39, 0.29) is 0 Å². The first-order valence-electron chi connectivity index (χ1n) is 5.33. The van der Waals surface area contributed by atoms with E-state index in [0.717, 1.165) is 35.2 Å². The minimum Gasteiger partial charge on any atom is -0.304 e. The van der Waals surface area contributed by atoms with Crippen molar-refractivity contribution < 1.29 is 0 Å². The van der Waals surface area contributed by atoms with E-state index in [1.165, 1.54) is 4.88 Å². The first-order chi connectivity index (χ1) is 7.78. The second-order valence-corrected chi connectivity index (χ2v) is 5.70. The molecule has 2 aromatic rings. The summed E-state index contributed by atoms with van der Waals surface area (Å²) >= 11 is 3.49. The molecule has 1 N–H and O–H groups in total. The number of aryl methyl sites for hydroxylation is 2. The highest BCUT2D eigenvalue weighted by Gasteiger charge is 2.01. The van der Waals surface area contributed by atoms with Crippen LogP contribution in [0.3, 0.4) is 0 Å². The summed E-state index contributed by atoms with van der Waals surface area (Å²) in [6.07, 6.45) is 3.04. The largest absolute Gasteiger partial charge is 0.304 e. The van der Waals surface area contributed by atoms with Gasteiger partial charge in [-0.15, -0.1) is 22.7 Å². The number of nitrogens with one attached hydrogen (secondary N) is 1. The predicted octanol–water partition coefficient (Wildman–Crippen LogP) is 2.76. The quantitative estimate of drug-likeness (QED) is 0.890. The molecule has 0 bridgehead atoms. The van der Waals surface area contributed by atoms with Gasteiger partial charge in [-0.2, -0.15) is 0 Å². The Kier molecular flexibility index (Phi) is 4.04. The molecule has 0 unspecified atom stereocenters. The minimum absolute atomic E-state index is 0.833. The van der Waals surface area contributed by atoms with Crippen LogP contribution in [0.1, 0.15) is 27.5 Å². The average Bonchev–Trinajstić information content (AvgIpc) is 2.88. The highest BCUT2D eigenvalue weighted by Crippen LogP contribution is 2.13. The van der Waals surface area contributed by atoms with Crippen LogP contribution in [0.4, 0.5) is 0 Å². The summed E-state index contributed by atoms with van der Waals surface area (Å²) in [6.45, 7) is 5.85. The number of thiazole rings is 2. The van der Waals surface area contributed by atoms with E-state index in [1.807, 2.05) is 13.1 Å². The van der Waals surface area contributed by atoms with Gasteiger partial charge in [0.1, 0.15) is 10.0 Å². The third kappa shape index (κ3) is 3.10. The van der Waals surface area contributed by atoms with Crippen molar-refractivity contribution in [1.29, 1.82) is 0 Å². The first kappa shape index (κ1) is 11.7. The van der Waals surface area contributed by atoms with Gasteiger partial charge in [0.15, 0.2) is 0 Å². The summed E-state index contributed by atoms with van der Waals surface area (Å²) in [5.41, 5.74) is 1.10. The van der Waals surface area contributed by atoms with Gasteiger partial charge < -0.3 is 5.32 Å². The van der Waals surface area contributed by atoms with Crippen molar-refractivity contribution in [2.24, 2.45) is 0 Å². The van der Waals surface area contributed by atoms with Crippen molar-refractivity contribution in [3.05, 3.63) is 32.2 Å². The molecule has 0 amide bonds. The van der Waals surface area contributed by atoms with Gasteiger partial charge in [0.2, 0.25) is 0 Å². The van der Waals surface area contributed by atoms with Crippen LogP contribution in [0, 0.1) is 6.92 Å². The lowest BCUT2D eigenvalue weighted by Gasteiger charge is -1.98. The zero-order valence-electron chi connectivity index (χ0n) is 9.49. The van der Waals surface area contributed by atoms with Gasteiger partial charge in [0.25, 0.3) is 0 Å². The van der Waals surface area contributed by atoms with Crippen LogP contribution in [-0.4, -0.2) is 9.97 Å². The lowest BCUT2D eigenvalue weighted by Crippen LogP contribution is -2.12. The molecule has 0 spiro atoms. The van der Waals surface area contributed by atoms with E-state index in [1.54, 1.807) is 22.7 Å². The molecule has 0 saturated carbocycles. The molecule has 5 heteroatoms. The van der Waals surface area contributed by atoms with E-state index < -0.39 is 0 Å². The number of hydrogen-bond donors (Lipinski definition) is 1. The van der Waals surface area contributed by atoms with E-state index in [9.17, 15) is 0 Å². The van der Waals surface area contributed by atoms with Gasteiger partial charge in [0, 0.05) is 35.2 Å². The van der Waals surface area contributed by atoms with Gasteiger partial charge in [-0.1, -0.05) is 6.92 Å². The molecule has 16 heavy (non-hydrogen) atoms. The monoisotopic (exact) mass is 253 g/mol. The van der Waals surface area contributed by atoms with Crippen molar-refractivity contribution in [2.75, 3.05) is 0 Å². The second kappa shape index (κ2) is 5.52. The fraction of sp³-hybridized carbons (Fsp3) is 0.455. The summed E-state index contributed by atoms with van der Waals surface area (Å²) in [6, 6.07) is 0. The van der Waals surface area contributed by atoms with Gasteiger partial charge in [-0.3, -0.25) is 0 Å². The molecule has 0 fully saturated rings. The highest BCUT2D eigenvalue weighted by molar-refractivity contribution is 7.11. The molecule has 2 heterocycles. The summed E-state index contributed by atoms with van der Waals surface area (Å²) < 4.78 is 0. The Bertz CT molecular complexity index is 448. The van der Waals surface area contributed by atoms with Crippen molar-refractivity contribution in [3.8, 4) is 0 Å². The molecule has 2 aromatic heterocycles. The molecule has 2 rings (SSSR count). The molecule has 3 nitrogen and oxygen atoms in total. The third-order valence-corrected chi connectivity index (χ3v) is 4.28. The molecule has 0 atom stereocenters. The Hall–Kier alpha value is -0.780. The fourth-order valence-electron chi connectivity index (χ4n) is 1.35. The average molecular weight is 253 g/mol. The smallest absolute Gasteiger partial charge is 0.107 e. The van der Waals surface area contributed by atoms with Crippen LogP contribution in [0.15, 0.2) is 11.6 Å². The lowest BCUT2D eigenvalue weighted by atomic mass is 10.4. The summed E-state index contributed by atoms with van der Waals surface area (Å²) in [5, 5.41) is 7.74. The number of hydrogen-bond acceptors (Lipinski definition) is 5. The molecular formula is C11H15N3S2. The number of aromatic nitrogens is 2. The summed E-state index contributed by atoms with van der Waals surface area (Å²) in [4.78, 5) is 10.1. The number of nitrogens with zero attached hydrogens (tertiary/aromatic N) is 2. The van der Waals surface area contributed by atoms with E-state index >= 15 is 0 Å². The van der Waals surface area contributed by atoms with Gasteiger partial charge >= 0.3 is 0 Å². The van der Waals surface area contributed by atoms with Crippen molar-refractivity contribution >= 4 is 22.7 Å².